The first kappa shape index (κ1) is 13.9. The van der Waals surface area contributed by atoms with E-state index < -0.39 is 11.7 Å². The standard InChI is InChI=1S/C16H14F3NO/c17-16(18,19)12-3-1-2-11(8-12)15-14-9-13(21)5-4-10(14)6-7-20-15/h1-5,8-9,15,20-21H,6-7H2. The van der Waals surface area contributed by atoms with Crippen molar-refractivity contribution in [2.75, 3.05) is 6.54 Å². The summed E-state index contributed by atoms with van der Waals surface area (Å²) in [6.45, 7) is 0.693. The van der Waals surface area contributed by atoms with E-state index in [4.69, 9.17) is 0 Å². The fourth-order valence-electron chi connectivity index (χ4n) is 2.73. The summed E-state index contributed by atoms with van der Waals surface area (Å²) in [5.41, 5.74) is 1.78. The Balaban J connectivity index is 2.05. The smallest absolute Gasteiger partial charge is 0.416 e. The van der Waals surface area contributed by atoms with Gasteiger partial charge in [-0.05, 0) is 47.4 Å². The topological polar surface area (TPSA) is 32.3 Å². The van der Waals surface area contributed by atoms with Gasteiger partial charge in [0.1, 0.15) is 5.75 Å². The second kappa shape index (κ2) is 5.07. The lowest BCUT2D eigenvalue weighted by atomic mass is 9.89. The summed E-state index contributed by atoms with van der Waals surface area (Å²) in [5.74, 6) is 0.120. The van der Waals surface area contributed by atoms with Crippen LogP contribution >= 0.6 is 0 Å². The maximum atomic E-state index is 12.8. The van der Waals surface area contributed by atoms with Gasteiger partial charge >= 0.3 is 6.18 Å². The molecule has 2 nitrogen and oxygen atoms in total. The number of benzene rings is 2. The van der Waals surface area contributed by atoms with E-state index in [2.05, 4.69) is 5.32 Å². The van der Waals surface area contributed by atoms with Crippen molar-refractivity contribution >= 4 is 0 Å². The maximum absolute atomic E-state index is 12.8. The van der Waals surface area contributed by atoms with Gasteiger partial charge in [0, 0.05) is 6.54 Å². The van der Waals surface area contributed by atoms with E-state index in [-0.39, 0.29) is 11.8 Å². The van der Waals surface area contributed by atoms with Gasteiger partial charge in [-0.1, -0.05) is 18.2 Å². The highest BCUT2D eigenvalue weighted by Crippen LogP contribution is 2.35. The molecule has 0 amide bonds. The predicted octanol–water partition coefficient (Wildman–Crippen LogP) is 3.65. The number of phenols is 1. The summed E-state index contributed by atoms with van der Waals surface area (Å²) >= 11 is 0. The first-order chi connectivity index (χ1) is 9.95. The molecule has 5 heteroatoms. The van der Waals surface area contributed by atoms with Crippen molar-refractivity contribution in [1.29, 1.82) is 0 Å². The van der Waals surface area contributed by atoms with Crippen molar-refractivity contribution in [1.82, 2.24) is 5.32 Å². The normalized spacial score (nSPS) is 18.3. The molecule has 0 bridgehead atoms. The van der Waals surface area contributed by atoms with Crippen LogP contribution in [0.5, 0.6) is 5.75 Å². The molecule has 0 radical (unpaired) electrons. The Bertz CT molecular complexity index is 667. The van der Waals surface area contributed by atoms with Crippen LogP contribution in [0, 0.1) is 0 Å². The largest absolute Gasteiger partial charge is 0.508 e. The molecule has 21 heavy (non-hydrogen) atoms. The third kappa shape index (κ3) is 2.74. The molecule has 0 aliphatic carbocycles. The number of phenolic OH excluding ortho intramolecular Hbond substituents is 1. The summed E-state index contributed by atoms with van der Waals surface area (Å²) in [6.07, 6.45) is -3.56. The number of hydrogen-bond donors (Lipinski definition) is 2. The van der Waals surface area contributed by atoms with Crippen molar-refractivity contribution in [2.45, 2.75) is 18.6 Å². The molecule has 0 fully saturated rings. The van der Waals surface area contributed by atoms with Crippen LogP contribution in [0.2, 0.25) is 0 Å². The first-order valence-corrected chi connectivity index (χ1v) is 6.67. The molecule has 0 saturated heterocycles. The van der Waals surface area contributed by atoms with Crippen LogP contribution in [0.3, 0.4) is 0 Å². The second-order valence-electron chi connectivity index (χ2n) is 5.14. The molecule has 2 N–H and O–H groups in total. The van der Waals surface area contributed by atoms with E-state index in [1.807, 2.05) is 6.07 Å². The van der Waals surface area contributed by atoms with Gasteiger partial charge in [-0.3, -0.25) is 0 Å². The summed E-state index contributed by atoms with van der Waals surface area (Å²) < 4.78 is 38.5. The molecule has 0 aromatic heterocycles. The van der Waals surface area contributed by atoms with E-state index in [9.17, 15) is 18.3 Å². The fourth-order valence-corrected chi connectivity index (χ4v) is 2.73. The van der Waals surface area contributed by atoms with Gasteiger partial charge in [0.2, 0.25) is 0 Å². The maximum Gasteiger partial charge on any atom is 0.416 e. The molecule has 0 saturated carbocycles. The minimum Gasteiger partial charge on any atom is -0.508 e. The second-order valence-corrected chi connectivity index (χ2v) is 5.14. The molecule has 0 spiro atoms. The zero-order valence-electron chi connectivity index (χ0n) is 11.1. The highest BCUT2D eigenvalue weighted by molar-refractivity contribution is 5.44. The molecule has 1 aliphatic heterocycles. The lowest BCUT2D eigenvalue weighted by Crippen LogP contribution is -2.30. The minimum absolute atomic E-state index is 0.120. The molecule has 1 unspecified atom stereocenters. The SMILES string of the molecule is Oc1ccc2c(c1)C(c1cccc(C(F)(F)F)c1)NCC2. The van der Waals surface area contributed by atoms with Crippen molar-refractivity contribution in [3.63, 3.8) is 0 Å². The third-order valence-corrected chi connectivity index (χ3v) is 3.73. The average molecular weight is 293 g/mol. The Morgan fingerprint density at radius 1 is 1.10 bits per heavy atom. The molecule has 1 atom stereocenters. The van der Waals surface area contributed by atoms with Crippen molar-refractivity contribution < 1.29 is 18.3 Å². The molecular weight excluding hydrogens is 279 g/mol. The summed E-state index contributed by atoms with van der Waals surface area (Å²) in [7, 11) is 0. The van der Waals surface area contributed by atoms with Gasteiger partial charge in [0.15, 0.2) is 0 Å². The van der Waals surface area contributed by atoms with Gasteiger partial charge in [-0.25, -0.2) is 0 Å². The highest BCUT2D eigenvalue weighted by Gasteiger charge is 2.31. The Morgan fingerprint density at radius 2 is 1.90 bits per heavy atom. The molecule has 1 aliphatic rings. The van der Waals surface area contributed by atoms with Crippen LogP contribution < -0.4 is 5.32 Å². The lowest BCUT2D eigenvalue weighted by molar-refractivity contribution is -0.137. The Hall–Kier alpha value is -2.01. The summed E-state index contributed by atoms with van der Waals surface area (Å²) in [6, 6.07) is 10.0. The van der Waals surface area contributed by atoms with Crippen molar-refractivity contribution in [2.24, 2.45) is 0 Å². The molecule has 110 valence electrons. The van der Waals surface area contributed by atoms with Gasteiger partial charge in [0.25, 0.3) is 0 Å². The van der Waals surface area contributed by atoms with Gasteiger partial charge in [0.05, 0.1) is 11.6 Å². The number of rotatable bonds is 1. The zero-order chi connectivity index (χ0) is 15.0. The Labute approximate surface area is 120 Å². The van der Waals surface area contributed by atoms with E-state index in [1.54, 1.807) is 18.2 Å². The van der Waals surface area contributed by atoms with Gasteiger partial charge in [-0.2, -0.15) is 13.2 Å². The van der Waals surface area contributed by atoms with Crippen molar-refractivity contribution in [3.8, 4) is 5.75 Å². The molecule has 2 aromatic carbocycles. The molecule has 1 heterocycles. The zero-order valence-corrected chi connectivity index (χ0v) is 11.1. The average Bonchev–Trinajstić information content (AvgIpc) is 2.46. The van der Waals surface area contributed by atoms with Crippen LogP contribution in [-0.2, 0) is 12.6 Å². The highest BCUT2D eigenvalue weighted by atomic mass is 19.4. The van der Waals surface area contributed by atoms with Crippen LogP contribution in [0.4, 0.5) is 13.2 Å². The van der Waals surface area contributed by atoms with Gasteiger partial charge in [-0.15, -0.1) is 0 Å². The van der Waals surface area contributed by atoms with E-state index in [0.717, 1.165) is 29.7 Å². The summed E-state index contributed by atoms with van der Waals surface area (Å²) in [5, 5.41) is 12.8. The van der Waals surface area contributed by atoms with Crippen LogP contribution in [0.1, 0.15) is 28.3 Å². The van der Waals surface area contributed by atoms with E-state index in [0.29, 0.717) is 12.1 Å². The third-order valence-electron chi connectivity index (χ3n) is 3.73. The minimum atomic E-state index is -4.35. The monoisotopic (exact) mass is 293 g/mol. The number of alkyl halides is 3. The first-order valence-electron chi connectivity index (χ1n) is 6.67. The van der Waals surface area contributed by atoms with Crippen molar-refractivity contribution in [3.05, 3.63) is 64.7 Å². The lowest BCUT2D eigenvalue weighted by Gasteiger charge is -2.28. The quantitative estimate of drug-likeness (QED) is 0.841. The molecule has 3 rings (SSSR count). The number of aromatic hydroxyl groups is 1. The van der Waals surface area contributed by atoms with Gasteiger partial charge < -0.3 is 10.4 Å². The van der Waals surface area contributed by atoms with Crippen LogP contribution in [0.25, 0.3) is 0 Å². The van der Waals surface area contributed by atoms with E-state index >= 15 is 0 Å². The van der Waals surface area contributed by atoms with Crippen LogP contribution in [0.15, 0.2) is 42.5 Å². The Morgan fingerprint density at radius 3 is 2.67 bits per heavy atom. The summed E-state index contributed by atoms with van der Waals surface area (Å²) in [4.78, 5) is 0. The Kier molecular flexibility index (Phi) is 3.37. The van der Waals surface area contributed by atoms with E-state index in [1.165, 1.54) is 6.07 Å². The molecule has 2 aromatic rings. The number of nitrogens with one attached hydrogen (secondary N) is 1. The molecular formula is C16H14F3NO. The number of fused-ring (bicyclic) bond motifs is 1. The van der Waals surface area contributed by atoms with Crippen LogP contribution in [-0.4, -0.2) is 11.7 Å². The fraction of sp³-hybridized carbons (Fsp3) is 0.250. The number of hydrogen-bond acceptors (Lipinski definition) is 2. The number of halogens is 3. The predicted molar refractivity (Wildman–Crippen MR) is 73.1 cm³/mol.